The summed E-state index contributed by atoms with van der Waals surface area (Å²) in [5.74, 6) is 1.03. The highest BCUT2D eigenvalue weighted by molar-refractivity contribution is 7.91. The average Bonchev–Trinajstić information content (AvgIpc) is 3.30. The number of nitrogens with zero attached hydrogens (tertiary/aromatic N) is 2. The van der Waals surface area contributed by atoms with Crippen molar-refractivity contribution in [1.29, 1.82) is 0 Å². The van der Waals surface area contributed by atoms with Crippen LogP contribution in [0.25, 0.3) is 11.3 Å². The van der Waals surface area contributed by atoms with Gasteiger partial charge in [-0.15, -0.1) is 0 Å². The van der Waals surface area contributed by atoms with Gasteiger partial charge < -0.3 is 9.42 Å². The topological polar surface area (TPSA) is 80.5 Å². The number of benzene rings is 2. The second-order valence-electron chi connectivity index (χ2n) is 8.34. The summed E-state index contributed by atoms with van der Waals surface area (Å²) in [6.45, 7) is 3.26. The lowest BCUT2D eigenvalue weighted by atomic mass is 9.90. The van der Waals surface area contributed by atoms with Crippen LogP contribution in [0.1, 0.15) is 42.2 Å². The van der Waals surface area contributed by atoms with Crippen LogP contribution in [-0.4, -0.2) is 43.2 Å². The molecule has 3 aromatic rings. The number of amides is 1. The van der Waals surface area contributed by atoms with E-state index in [1.165, 1.54) is 5.56 Å². The van der Waals surface area contributed by atoms with Crippen LogP contribution in [0.2, 0.25) is 0 Å². The number of aromatic nitrogens is 1. The molecule has 1 aliphatic heterocycles. The molecule has 32 heavy (non-hydrogen) atoms. The number of hydrogen-bond acceptors (Lipinski definition) is 5. The Labute approximate surface area is 189 Å². The van der Waals surface area contributed by atoms with Crippen LogP contribution >= 0.6 is 0 Å². The summed E-state index contributed by atoms with van der Waals surface area (Å²) in [5, 5.41) is 3.97. The number of carbonyl (C=O) groups excluding carboxylic acids is 1. The zero-order valence-corrected chi connectivity index (χ0v) is 19.1. The number of piperidine rings is 1. The molecule has 0 aliphatic carbocycles. The van der Waals surface area contributed by atoms with Crippen LogP contribution in [0.5, 0.6) is 0 Å². The lowest BCUT2D eigenvalue weighted by molar-refractivity contribution is 0.0680. The van der Waals surface area contributed by atoms with E-state index in [1.54, 1.807) is 30.3 Å². The fourth-order valence-electron chi connectivity index (χ4n) is 4.17. The minimum Gasteiger partial charge on any atom is -0.355 e. The molecule has 7 heteroatoms. The standard InChI is InChI=1S/C25H28N2O4S/c1-2-16-32(29,30)22-10-8-21(9-11-22)24-18-23(26-31-24)25(28)27-14-12-20(13-15-27)17-19-6-4-3-5-7-19/h3-11,18,20H,2,12-17H2,1H3. The van der Waals surface area contributed by atoms with Crippen molar-refractivity contribution in [3.8, 4) is 11.3 Å². The SMILES string of the molecule is CCCS(=O)(=O)c1ccc(-c2cc(C(=O)N3CCC(Cc4ccccc4)CC3)no2)cc1. The maximum Gasteiger partial charge on any atom is 0.276 e. The van der Waals surface area contributed by atoms with Gasteiger partial charge in [0.2, 0.25) is 0 Å². The first kappa shape index (κ1) is 22.3. The van der Waals surface area contributed by atoms with Crippen molar-refractivity contribution in [1.82, 2.24) is 10.1 Å². The van der Waals surface area contributed by atoms with E-state index in [9.17, 15) is 13.2 Å². The summed E-state index contributed by atoms with van der Waals surface area (Å²) in [5.41, 5.74) is 2.31. The highest BCUT2D eigenvalue weighted by Gasteiger charge is 2.26. The summed E-state index contributed by atoms with van der Waals surface area (Å²) in [7, 11) is -3.26. The van der Waals surface area contributed by atoms with E-state index >= 15 is 0 Å². The van der Waals surface area contributed by atoms with E-state index in [1.807, 2.05) is 17.9 Å². The van der Waals surface area contributed by atoms with Crippen LogP contribution in [0, 0.1) is 5.92 Å². The highest BCUT2D eigenvalue weighted by Crippen LogP contribution is 2.26. The predicted octanol–water partition coefficient (Wildman–Crippen LogP) is 4.62. The van der Waals surface area contributed by atoms with Gasteiger partial charge in [0.25, 0.3) is 5.91 Å². The van der Waals surface area contributed by atoms with E-state index in [2.05, 4.69) is 29.4 Å². The van der Waals surface area contributed by atoms with Crippen molar-refractivity contribution in [2.75, 3.05) is 18.8 Å². The Hall–Kier alpha value is -2.93. The molecule has 1 fully saturated rings. The first-order valence-electron chi connectivity index (χ1n) is 11.1. The number of likely N-dealkylation sites (tertiary alicyclic amines) is 1. The second-order valence-corrected chi connectivity index (χ2v) is 10.5. The molecule has 2 heterocycles. The lowest BCUT2D eigenvalue weighted by Crippen LogP contribution is -2.39. The van der Waals surface area contributed by atoms with Gasteiger partial charge in [-0.2, -0.15) is 0 Å². The zero-order chi connectivity index (χ0) is 22.6. The Morgan fingerprint density at radius 3 is 2.41 bits per heavy atom. The van der Waals surface area contributed by atoms with Gasteiger partial charge in [0.15, 0.2) is 21.3 Å². The molecule has 1 saturated heterocycles. The summed E-state index contributed by atoms with van der Waals surface area (Å²) < 4.78 is 29.8. The summed E-state index contributed by atoms with van der Waals surface area (Å²) in [4.78, 5) is 15.0. The molecule has 0 radical (unpaired) electrons. The smallest absolute Gasteiger partial charge is 0.276 e. The Morgan fingerprint density at radius 2 is 1.75 bits per heavy atom. The molecule has 1 aromatic heterocycles. The van der Waals surface area contributed by atoms with Gasteiger partial charge in [0.05, 0.1) is 10.6 Å². The van der Waals surface area contributed by atoms with E-state index in [4.69, 9.17) is 4.52 Å². The monoisotopic (exact) mass is 452 g/mol. The molecular formula is C25H28N2O4S. The van der Waals surface area contributed by atoms with Crippen LogP contribution in [0.15, 0.2) is 70.1 Å². The van der Waals surface area contributed by atoms with E-state index in [0.29, 0.717) is 36.8 Å². The molecule has 168 valence electrons. The number of carbonyl (C=O) groups is 1. The van der Waals surface area contributed by atoms with Crippen LogP contribution in [0.4, 0.5) is 0 Å². The Bertz CT molecular complexity index is 1150. The predicted molar refractivity (Wildman–Crippen MR) is 123 cm³/mol. The van der Waals surface area contributed by atoms with Gasteiger partial charge >= 0.3 is 0 Å². The fourth-order valence-corrected chi connectivity index (χ4v) is 5.50. The molecule has 0 unspecified atom stereocenters. The number of rotatable bonds is 7. The van der Waals surface area contributed by atoms with Crippen LogP contribution in [-0.2, 0) is 16.3 Å². The first-order chi connectivity index (χ1) is 15.5. The fraction of sp³-hybridized carbons (Fsp3) is 0.360. The van der Waals surface area contributed by atoms with E-state index in [-0.39, 0.29) is 22.2 Å². The third-order valence-corrected chi connectivity index (χ3v) is 7.91. The third-order valence-electron chi connectivity index (χ3n) is 5.97. The first-order valence-corrected chi connectivity index (χ1v) is 12.7. The maximum absolute atomic E-state index is 12.9. The minimum atomic E-state index is -3.26. The second kappa shape index (κ2) is 9.69. The quantitative estimate of drug-likeness (QED) is 0.523. The summed E-state index contributed by atoms with van der Waals surface area (Å²) in [6, 6.07) is 18.6. The highest BCUT2D eigenvalue weighted by atomic mass is 32.2. The molecule has 2 aromatic carbocycles. The van der Waals surface area contributed by atoms with E-state index < -0.39 is 9.84 Å². The van der Waals surface area contributed by atoms with Crippen molar-refractivity contribution in [3.63, 3.8) is 0 Å². The average molecular weight is 453 g/mol. The van der Waals surface area contributed by atoms with Crippen molar-refractivity contribution in [3.05, 3.63) is 71.9 Å². The summed E-state index contributed by atoms with van der Waals surface area (Å²) >= 11 is 0. The van der Waals surface area contributed by atoms with Gasteiger partial charge in [0.1, 0.15) is 0 Å². The van der Waals surface area contributed by atoms with Gasteiger partial charge in [0, 0.05) is 24.7 Å². The lowest BCUT2D eigenvalue weighted by Gasteiger charge is -2.31. The molecule has 0 spiro atoms. The van der Waals surface area contributed by atoms with Gasteiger partial charge in [-0.25, -0.2) is 8.42 Å². The molecule has 0 bridgehead atoms. The minimum absolute atomic E-state index is 0.120. The van der Waals surface area contributed by atoms with Crippen molar-refractivity contribution < 1.29 is 17.7 Å². The third kappa shape index (κ3) is 5.10. The molecule has 1 amide bonds. The zero-order valence-electron chi connectivity index (χ0n) is 18.2. The molecule has 6 nitrogen and oxygen atoms in total. The van der Waals surface area contributed by atoms with Crippen molar-refractivity contribution in [2.45, 2.75) is 37.5 Å². The van der Waals surface area contributed by atoms with Gasteiger partial charge in [-0.05, 0) is 61.4 Å². The molecular weight excluding hydrogens is 424 g/mol. The summed E-state index contributed by atoms with van der Waals surface area (Å²) in [6.07, 6.45) is 3.56. The van der Waals surface area contributed by atoms with Crippen LogP contribution in [0.3, 0.4) is 0 Å². The molecule has 4 rings (SSSR count). The van der Waals surface area contributed by atoms with Crippen molar-refractivity contribution in [2.24, 2.45) is 5.92 Å². The van der Waals surface area contributed by atoms with E-state index in [0.717, 1.165) is 19.3 Å². The molecule has 0 N–H and O–H groups in total. The Morgan fingerprint density at radius 1 is 1.06 bits per heavy atom. The molecule has 0 saturated carbocycles. The number of sulfone groups is 1. The van der Waals surface area contributed by atoms with Gasteiger partial charge in [-0.3, -0.25) is 4.79 Å². The Balaban J connectivity index is 1.37. The van der Waals surface area contributed by atoms with Crippen LogP contribution < -0.4 is 0 Å². The number of hydrogen-bond donors (Lipinski definition) is 0. The molecule has 0 atom stereocenters. The molecule has 1 aliphatic rings. The largest absolute Gasteiger partial charge is 0.355 e. The maximum atomic E-state index is 12.9. The van der Waals surface area contributed by atoms with Crippen molar-refractivity contribution >= 4 is 15.7 Å². The normalized spacial score (nSPS) is 15.1. The van der Waals surface area contributed by atoms with Gasteiger partial charge in [-0.1, -0.05) is 42.4 Å². The Kier molecular flexibility index (Phi) is 6.74.